The van der Waals surface area contributed by atoms with Gasteiger partial charge in [-0.15, -0.1) is 12.4 Å². The van der Waals surface area contributed by atoms with Gasteiger partial charge < -0.3 is 9.84 Å². The van der Waals surface area contributed by atoms with E-state index in [0.717, 1.165) is 19.5 Å². The van der Waals surface area contributed by atoms with Crippen LogP contribution in [0.4, 0.5) is 5.69 Å². The van der Waals surface area contributed by atoms with Crippen molar-refractivity contribution in [3.8, 4) is 11.4 Å². The number of rotatable bonds is 5. The molecular formula is C15H20ClN5O3. The lowest BCUT2D eigenvalue weighted by Gasteiger charge is -2.31. The van der Waals surface area contributed by atoms with Crippen LogP contribution in [0.2, 0.25) is 0 Å². The molecule has 24 heavy (non-hydrogen) atoms. The zero-order chi connectivity index (χ0) is 16.2. The Kier molecular flexibility index (Phi) is 6.24. The Labute approximate surface area is 145 Å². The van der Waals surface area contributed by atoms with E-state index < -0.39 is 4.92 Å². The summed E-state index contributed by atoms with van der Waals surface area (Å²) in [7, 11) is 1.97. The van der Waals surface area contributed by atoms with E-state index in [0.29, 0.717) is 29.9 Å². The third kappa shape index (κ3) is 4.28. The first kappa shape index (κ1) is 18.3. The molecule has 1 aromatic carbocycles. The van der Waals surface area contributed by atoms with E-state index in [9.17, 15) is 10.1 Å². The molecule has 0 spiro atoms. The number of hydrogen-bond acceptors (Lipinski definition) is 7. The molecule has 1 aliphatic heterocycles. The van der Waals surface area contributed by atoms with Crippen LogP contribution >= 0.6 is 12.4 Å². The number of benzene rings is 1. The highest BCUT2D eigenvalue weighted by molar-refractivity contribution is 5.85. The van der Waals surface area contributed by atoms with Crippen molar-refractivity contribution in [2.24, 2.45) is 0 Å². The molecule has 0 amide bonds. The number of piperidine rings is 1. The fourth-order valence-corrected chi connectivity index (χ4v) is 2.82. The number of likely N-dealkylation sites (N-methyl/N-ethyl adjacent to an activating group) is 1. The molecule has 2 aromatic rings. The molecule has 0 bridgehead atoms. The maximum atomic E-state index is 10.8. The molecule has 9 heteroatoms. The number of aromatic nitrogens is 2. The predicted octanol–water partition coefficient (Wildman–Crippen LogP) is 2.25. The molecule has 8 nitrogen and oxygen atoms in total. The Morgan fingerprint density at radius 2 is 2.33 bits per heavy atom. The zero-order valence-corrected chi connectivity index (χ0v) is 14.2. The molecule has 0 saturated carbocycles. The monoisotopic (exact) mass is 353 g/mol. The van der Waals surface area contributed by atoms with Gasteiger partial charge in [0, 0.05) is 30.3 Å². The average molecular weight is 354 g/mol. The van der Waals surface area contributed by atoms with E-state index in [1.54, 1.807) is 12.1 Å². The number of likely N-dealkylation sites (tertiary alicyclic amines) is 1. The highest BCUT2D eigenvalue weighted by Crippen LogP contribution is 2.22. The minimum atomic E-state index is -0.434. The summed E-state index contributed by atoms with van der Waals surface area (Å²) >= 11 is 0. The van der Waals surface area contributed by atoms with E-state index >= 15 is 0 Å². The second kappa shape index (κ2) is 8.18. The van der Waals surface area contributed by atoms with Crippen LogP contribution in [0.15, 0.2) is 28.8 Å². The van der Waals surface area contributed by atoms with Gasteiger partial charge in [0.05, 0.1) is 11.5 Å². The van der Waals surface area contributed by atoms with Gasteiger partial charge in [-0.2, -0.15) is 4.98 Å². The van der Waals surface area contributed by atoms with Crippen LogP contribution in [-0.2, 0) is 6.54 Å². The summed E-state index contributed by atoms with van der Waals surface area (Å²) in [6.45, 7) is 2.55. The summed E-state index contributed by atoms with van der Waals surface area (Å²) in [6.07, 6.45) is 2.31. The van der Waals surface area contributed by atoms with E-state index in [2.05, 4.69) is 20.4 Å². The van der Waals surface area contributed by atoms with Crippen molar-refractivity contribution in [1.29, 1.82) is 0 Å². The smallest absolute Gasteiger partial charge is 0.270 e. The van der Waals surface area contributed by atoms with E-state index in [-0.39, 0.29) is 18.1 Å². The normalized spacial score (nSPS) is 18.1. The minimum absolute atomic E-state index is 0. The van der Waals surface area contributed by atoms with Crippen LogP contribution in [0, 0.1) is 10.1 Å². The predicted molar refractivity (Wildman–Crippen MR) is 91.0 cm³/mol. The molecule has 1 saturated heterocycles. The van der Waals surface area contributed by atoms with E-state index in [1.165, 1.54) is 18.6 Å². The van der Waals surface area contributed by atoms with Gasteiger partial charge in [0.2, 0.25) is 11.7 Å². The topological polar surface area (TPSA) is 97.3 Å². The van der Waals surface area contributed by atoms with Gasteiger partial charge in [-0.05, 0) is 26.4 Å². The van der Waals surface area contributed by atoms with Crippen LogP contribution in [-0.4, -0.2) is 46.1 Å². The summed E-state index contributed by atoms with van der Waals surface area (Å²) < 4.78 is 5.30. The SMILES string of the molecule is CNC1CCCN(Cc2nc(-c3cccc([N+](=O)[O-])c3)no2)C1.Cl. The van der Waals surface area contributed by atoms with E-state index in [1.807, 2.05) is 7.05 Å². The van der Waals surface area contributed by atoms with Crippen molar-refractivity contribution in [3.63, 3.8) is 0 Å². The van der Waals surface area contributed by atoms with Crippen LogP contribution in [0.5, 0.6) is 0 Å². The molecular weight excluding hydrogens is 334 g/mol. The lowest BCUT2D eigenvalue weighted by molar-refractivity contribution is -0.384. The van der Waals surface area contributed by atoms with Crippen LogP contribution < -0.4 is 5.32 Å². The van der Waals surface area contributed by atoms with Gasteiger partial charge in [0.1, 0.15) is 0 Å². The summed E-state index contributed by atoms with van der Waals surface area (Å²) in [6, 6.07) is 6.73. The summed E-state index contributed by atoms with van der Waals surface area (Å²) in [5.74, 6) is 0.911. The van der Waals surface area contributed by atoms with Gasteiger partial charge in [0.15, 0.2) is 0 Å². The number of nitrogens with one attached hydrogen (secondary N) is 1. The summed E-state index contributed by atoms with van der Waals surface area (Å²) in [5, 5.41) is 18.1. The molecule has 1 atom stereocenters. The standard InChI is InChI=1S/C15H19N5O3.ClH/c1-16-12-5-3-7-19(9-12)10-14-17-15(18-23-14)11-4-2-6-13(8-11)20(21)22;/h2,4,6,8,12,16H,3,5,7,9-10H2,1H3;1H. The molecule has 1 N–H and O–H groups in total. The van der Waals surface area contributed by atoms with Gasteiger partial charge in [-0.1, -0.05) is 17.3 Å². The van der Waals surface area contributed by atoms with Gasteiger partial charge in [0.25, 0.3) is 5.69 Å². The number of nitro groups is 1. The Morgan fingerprint density at radius 3 is 3.08 bits per heavy atom. The molecule has 1 aliphatic rings. The molecule has 1 unspecified atom stereocenters. The fourth-order valence-electron chi connectivity index (χ4n) is 2.82. The lowest BCUT2D eigenvalue weighted by Crippen LogP contribution is -2.43. The number of nitro benzene ring substituents is 1. The Morgan fingerprint density at radius 1 is 1.50 bits per heavy atom. The van der Waals surface area contributed by atoms with Crippen molar-refractivity contribution < 1.29 is 9.45 Å². The van der Waals surface area contributed by atoms with Crippen molar-refractivity contribution in [1.82, 2.24) is 20.4 Å². The van der Waals surface area contributed by atoms with Gasteiger partial charge >= 0.3 is 0 Å². The van der Waals surface area contributed by atoms with Crippen LogP contribution in [0.1, 0.15) is 18.7 Å². The second-order valence-corrected chi connectivity index (χ2v) is 5.68. The largest absolute Gasteiger partial charge is 0.338 e. The fraction of sp³-hybridized carbons (Fsp3) is 0.467. The first-order valence-electron chi connectivity index (χ1n) is 7.63. The molecule has 1 fully saturated rings. The number of halogens is 1. The maximum absolute atomic E-state index is 10.8. The number of non-ortho nitro benzene ring substituents is 1. The third-order valence-corrected chi connectivity index (χ3v) is 4.06. The molecule has 1 aromatic heterocycles. The van der Waals surface area contributed by atoms with Crippen LogP contribution in [0.3, 0.4) is 0 Å². The molecule has 130 valence electrons. The average Bonchev–Trinajstić information content (AvgIpc) is 3.03. The first-order valence-corrected chi connectivity index (χ1v) is 7.63. The summed E-state index contributed by atoms with van der Waals surface area (Å²) in [5.41, 5.74) is 0.600. The minimum Gasteiger partial charge on any atom is -0.338 e. The van der Waals surface area contributed by atoms with Crippen molar-refractivity contribution in [3.05, 3.63) is 40.3 Å². The van der Waals surface area contributed by atoms with Gasteiger partial charge in [-0.3, -0.25) is 15.0 Å². The number of nitrogens with zero attached hydrogens (tertiary/aromatic N) is 4. The highest BCUT2D eigenvalue weighted by atomic mass is 35.5. The zero-order valence-electron chi connectivity index (χ0n) is 13.3. The maximum Gasteiger partial charge on any atom is 0.270 e. The van der Waals surface area contributed by atoms with Crippen molar-refractivity contribution in [2.45, 2.75) is 25.4 Å². The highest BCUT2D eigenvalue weighted by Gasteiger charge is 2.21. The van der Waals surface area contributed by atoms with Gasteiger partial charge in [-0.25, -0.2) is 0 Å². The molecule has 0 radical (unpaired) electrons. The van der Waals surface area contributed by atoms with E-state index in [4.69, 9.17) is 4.52 Å². The Balaban J connectivity index is 0.00000208. The third-order valence-electron chi connectivity index (χ3n) is 4.06. The first-order chi connectivity index (χ1) is 11.2. The van der Waals surface area contributed by atoms with Crippen molar-refractivity contribution >= 4 is 18.1 Å². The second-order valence-electron chi connectivity index (χ2n) is 5.68. The molecule has 0 aliphatic carbocycles. The molecule has 2 heterocycles. The summed E-state index contributed by atoms with van der Waals surface area (Å²) in [4.78, 5) is 17.0. The van der Waals surface area contributed by atoms with Crippen LogP contribution in [0.25, 0.3) is 11.4 Å². The van der Waals surface area contributed by atoms with Crippen molar-refractivity contribution in [2.75, 3.05) is 20.1 Å². The quantitative estimate of drug-likeness (QED) is 0.650. The Hall–Kier alpha value is -2.03. The number of hydrogen-bond donors (Lipinski definition) is 1. The molecule has 3 rings (SSSR count). The lowest BCUT2D eigenvalue weighted by atomic mass is 10.1. The Bertz CT molecular complexity index is 693.